The molecule has 0 radical (unpaired) electrons. The average Bonchev–Trinajstić information content (AvgIpc) is 2.99. The number of amides is 1. The van der Waals surface area contributed by atoms with Gasteiger partial charge in [0.15, 0.2) is 0 Å². The Kier molecular flexibility index (Phi) is 9.60. The van der Waals surface area contributed by atoms with Crippen molar-refractivity contribution < 1.29 is 23.4 Å². The lowest BCUT2D eigenvalue weighted by Gasteiger charge is -2.38. The van der Waals surface area contributed by atoms with Gasteiger partial charge in [-0.25, -0.2) is 9.18 Å². The third-order valence-electron chi connectivity index (χ3n) is 7.83. The summed E-state index contributed by atoms with van der Waals surface area (Å²) in [6.45, 7) is 8.97. The van der Waals surface area contributed by atoms with E-state index in [-0.39, 0.29) is 23.9 Å². The summed E-state index contributed by atoms with van der Waals surface area (Å²) < 4.78 is 32.5. The predicted octanol–water partition coefficient (Wildman–Crippen LogP) is 8.41. The fourth-order valence-electron chi connectivity index (χ4n) is 5.38. The van der Waals surface area contributed by atoms with Gasteiger partial charge in [-0.15, -0.1) is 0 Å². The Balaban J connectivity index is 1.35. The lowest BCUT2D eigenvalue weighted by Crippen LogP contribution is -2.47. The zero-order valence-electron chi connectivity index (χ0n) is 24.7. The highest BCUT2D eigenvalue weighted by Gasteiger charge is 2.34. The Labute approximate surface area is 249 Å². The molecule has 1 fully saturated rings. The summed E-state index contributed by atoms with van der Waals surface area (Å²) in [7, 11) is -1.31. The number of benzene rings is 4. The van der Waals surface area contributed by atoms with Crippen LogP contribution in [0.15, 0.2) is 91.0 Å². The SMILES string of the molecule is C[Si](C)(C)CCOC(=O)N1CCC(c2ccc(F)cc2)C(OCc2ccc3ccccc3c2OCc2ccccc2)C1. The van der Waals surface area contributed by atoms with Crippen LogP contribution in [0, 0.1) is 5.82 Å². The van der Waals surface area contributed by atoms with E-state index in [4.69, 9.17) is 14.2 Å². The minimum Gasteiger partial charge on any atom is -0.488 e. The quantitative estimate of drug-likeness (QED) is 0.175. The number of nitrogens with zero attached hydrogens (tertiary/aromatic N) is 1. The molecule has 2 unspecified atom stereocenters. The molecule has 1 aliphatic heterocycles. The van der Waals surface area contributed by atoms with Gasteiger partial charge in [-0.1, -0.05) is 98.5 Å². The number of fused-ring (bicyclic) bond motifs is 1. The number of ether oxygens (including phenoxy) is 3. The van der Waals surface area contributed by atoms with Gasteiger partial charge >= 0.3 is 6.09 Å². The van der Waals surface area contributed by atoms with Gasteiger partial charge in [-0.2, -0.15) is 0 Å². The fourth-order valence-corrected chi connectivity index (χ4v) is 6.09. The Morgan fingerprint density at radius 2 is 1.64 bits per heavy atom. The standard InChI is InChI=1S/C35H40FNO4Si/c1-42(2,3)22-21-39-35(38)37-20-19-31(28-15-17-30(36)18-16-28)33(23-37)40-25-29-14-13-27-11-7-8-12-32(27)34(29)41-24-26-9-5-4-6-10-26/h4-18,31,33H,19-25H2,1-3H3. The molecule has 220 valence electrons. The van der Waals surface area contributed by atoms with Crippen LogP contribution < -0.4 is 4.74 Å². The number of halogens is 1. The molecule has 7 heteroatoms. The summed E-state index contributed by atoms with van der Waals surface area (Å²) >= 11 is 0. The number of hydrogen-bond donors (Lipinski definition) is 0. The molecule has 0 saturated carbocycles. The molecule has 5 rings (SSSR count). The van der Waals surface area contributed by atoms with Crippen molar-refractivity contribution in [2.24, 2.45) is 0 Å². The van der Waals surface area contributed by atoms with E-state index in [0.717, 1.165) is 39.3 Å². The van der Waals surface area contributed by atoms with Crippen molar-refractivity contribution >= 4 is 24.9 Å². The van der Waals surface area contributed by atoms with Crippen LogP contribution in [0.5, 0.6) is 5.75 Å². The zero-order valence-corrected chi connectivity index (χ0v) is 25.7. The number of hydrogen-bond acceptors (Lipinski definition) is 4. The van der Waals surface area contributed by atoms with Crippen molar-refractivity contribution in [3.63, 3.8) is 0 Å². The second-order valence-corrected chi connectivity index (χ2v) is 17.8. The second-order valence-electron chi connectivity index (χ2n) is 12.2. The molecule has 1 aliphatic rings. The smallest absolute Gasteiger partial charge is 0.409 e. The lowest BCUT2D eigenvalue weighted by molar-refractivity contribution is -0.0240. The second kappa shape index (κ2) is 13.5. The molecule has 0 N–H and O–H groups in total. The van der Waals surface area contributed by atoms with E-state index in [0.29, 0.717) is 39.3 Å². The van der Waals surface area contributed by atoms with E-state index in [1.807, 2.05) is 54.6 Å². The van der Waals surface area contributed by atoms with Gasteiger partial charge in [0.05, 0.1) is 25.9 Å². The first-order valence-electron chi connectivity index (χ1n) is 14.7. The highest BCUT2D eigenvalue weighted by atomic mass is 28.3. The molecule has 0 aliphatic carbocycles. The molecule has 0 bridgehead atoms. The first-order chi connectivity index (χ1) is 20.3. The van der Waals surface area contributed by atoms with Gasteiger partial charge in [0.25, 0.3) is 0 Å². The first-order valence-corrected chi connectivity index (χ1v) is 18.4. The minimum absolute atomic E-state index is 0.0192. The summed E-state index contributed by atoms with van der Waals surface area (Å²) in [4.78, 5) is 14.8. The van der Waals surface area contributed by atoms with E-state index in [9.17, 15) is 9.18 Å². The van der Waals surface area contributed by atoms with Crippen LogP contribution in [0.3, 0.4) is 0 Å². The molecule has 1 amide bonds. The van der Waals surface area contributed by atoms with E-state index in [2.05, 4.69) is 43.9 Å². The Hall–Kier alpha value is -3.68. The van der Waals surface area contributed by atoms with Crippen LogP contribution in [0.25, 0.3) is 10.8 Å². The molecule has 2 atom stereocenters. The topological polar surface area (TPSA) is 48.0 Å². The summed E-state index contributed by atoms with van der Waals surface area (Å²) in [5.74, 6) is 0.551. The Morgan fingerprint density at radius 1 is 0.905 bits per heavy atom. The van der Waals surface area contributed by atoms with Crippen molar-refractivity contribution in [2.45, 2.75) is 57.3 Å². The molecule has 1 saturated heterocycles. The molecule has 1 heterocycles. The van der Waals surface area contributed by atoms with Gasteiger partial charge in [-0.05, 0) is 41.1 Å². The molecule has 5 nitrogen and oxygen atoms in total. The van der Waals surface area contributed by atoms with Crippen molar-refractivity contribution in [3.05, 3.63) is 114 Å². The maximum Gasteiger partial charge on any atom is 0.409 e. The van der Waals surface area contributed by atoms with Gasteiger partial charge in [-0.3, -0.25) is 0 Å². The predicted molar refractivity (Wildman–Crippen MR) is 168 cm³/mol. The van der Waals surface area contributed by atoms with Crippen molar-refractivity contribution in [1.82, 2.24) is 4.90 Å². The van der Waals surface area contributed by atoms with Gasteiger partial charge in [0, 0.05) is 31.5 Å². The van der Waals surface area contributed by atoms with Gasteiger partial charge < -0.3 is 19.1 Å². The van der Waals surface area contributed by atoms with Crippen LogP contribution in [0.1, 0.15) is 29.0 Å². The number of likely N-dealkylation sites (tertiary alicyclic amines) is 1. The van der Waals surface area contributed by atoms with Crippen molar-refractivity contribution in [1.29, 1.82) is 0 Å². The Bertz CT molecular complexity index is 1470. The van der Waals surface area contributed by atoms with Crippen LogP contribution in [-0.4, -0.2) is 44.9 Å². The maximum absolute atomic E-state index is 13.7. The van der Waals surface area contributed by atoms with Crippen molar-refractivity contribution in [2.75, 3.05) is 19.7 Å². The molecular weight excluding hydrogens is 545 g/mol. The summed E-state index contributed by atoms with van der Waals surface area (Å²) in [6.07, 6.45) is 0.119. The van der Waals surface area contributed by atoms with Crippen LogP contribution in [0.2, 0.25) is 25.7 Å². The highest BCUT2D eigenvalue weighted by Crippen LogP contribution is 2.35. The van der Waals surface area contributed by atoms with E-state index in [1.165, 1.54) is 12.1 Å². The van der Waals surface area contributed by atoms with Crippen LogP contribution in [0.4, 0.5) is 9.18 Å². The number of carbonyl (C=O) groups is 1. The Morgan fingerprint density at radius 3 is 2.40 bits per heavy atom. The summed E-state index contributed by atoms with van der Waals surface area (Å²) in [5, 5.41) is 2.12. The highest BCUT2D eigenvalue weighted by molar-refractivity contribution is 6.76. The number of rotatable bonds is 10. The fraction of sp³-hybridized carbons (Fsp3) is 0.343. The molecule has 0 spiro atoms. The maximum atomic E-state index is 13.7. The lowest BCUT2D eigenvalue weighted by atomic mass is 9.87. The van der Waals surface area contributed by atoms with Crippen molar-refractivity contribution in [3.8, 4) is 5.75 Å². The minimum atomic E-state index is -1.31. The first kappa shape index (κ1) is 29.8. The van der Waals surface area contributed by atoms with E-state index >= 15 is 0 Å². The molecule has 0 aromatic heterocycles. The van der Waals surface area contributed by atoms with Crippen LogP contribution >= 0.6 is 0 Å². The monoisotopic (exact) mass is 585 g/mol. The van der Waals surface area contributed by atoms with Gasteiger partial charge in [0.2, 0.25) is 0 Å². The number of carbonyl (C=O) groups excluding carboxylic acids is 1. The summed E-state index contributed by atoms with van der Waals surface area (Å²) in [5.41, 5.74) is 3.04. The largest absolute Gasteiger partial charge is 0.488 e. The molecule has 4 aromatic rings. The average molecular weight is 586 g/mol. The van der Waals surface area contributed by atoms with E-state index in [1.54, 1.807) is 4.90 Å². The summed E-state index contributed by atoms with van der Waals surface area (Å²) in [6, 6.07) is 30.0. The molecule has 42 heavy (non-hydrogen) atoms. The molecular formula is C35H40FNO4Si. The van der Waals surface area contributed by atoms with Gasteiger partial charge in [0.1, 0.15) is 18.2 Å². The third kappa shape index (κ3) is 7.78. The zero-order chi connectivity index (χ0) is 29.5. The normalized spacial score (nSPS) is 17.3. The third-order valence-corrected chi connectivity index (χ3v) is 9.54. The number of piperidine rings is 1. The van der Waals surface area contributed by atoms with E-state index < -0.39 is 8.07 Å². The molecule has 4 aromatic carbocycles. The van der Waals surface area contributed by atoms with Crippen LogP contribution in [-0.2, 0) is 22.7 Å².